The molecular weight excluding hydrogens is 298 g/mol. The number of nitrogens with one attached hydrogen (secondary N) is 1. The van der Waals surface area contributed by atoms with E-state index >= 15 is 0 Å². The quantitative estimate of drug-likeness (QED) is 0.833. The van der Waals surface area contributed by atoms with Gasteiger partial charge in [0.1, 0.15) is 0 Å². The highest BCUT2D eigenvalue weighted by molar-refractivity contribution is 5.81. The van der Waals surface area contributed by atoms with Gasteiger partial charge in [-0.2, -0.15) is 0 Å². The maximum absolute atomic E-state index is 12.5. The predicted octanol–water partition coefficient (Wildman–Crippen LogP) is 1.68. The van der Waals surface area contributed by atoms with Crippen LogP contribution in [0.15, 0.2) is 24.3 Å². The van der Waals surface area contributed by atoms with Crippen molar-refractivity contribution in [2.45, 2.75) is 32.0 Å². The Balaban J connectivity index is 2.04. The Labute approximate surface area is 135 Å². The number of carbonyl (C=O) groups is 2. The molecule has 1 fully saturated rings. The van der Waals surface area contributed by atoms with Crippen LogP contribution in [0.1, 0.15) is 30.1 Å². The molecule has 1 amide bonds. The van der Waals surface area contributed by atoms with E-state index in [0.29, 0.717) is 6.61 Å². The molecule has 23 heavy (non-hydrogen) atoms. The van der Waals surface area contributed by atoms with Crippen LogP contribution in [0.4, 0.5) is 0 Å². The number of hydrogen-bond donors (Lipinski definition) is 2. The number of methoxy groups -OCH3 is 1. The molecule has 2 N–H and O–H groups in total. The van der Waals surface area contributed by atoms with Gasteiger partial charge in [0.05, 0.1) is 18.6 Å². The highest BCUT2D eigenvalue weighted by atomic mass is 16.5. The summed E-state index contributed by atoms with van der Waals surface area (Å²) in [6, 6.07) is 7.93. The lowest BCUT2D eigenvalue weighted by atomic mass is 9.88. The van der Waals surface area contributed by atoms with Crippen molar-refractivity contribution in [2.24, 2.45) is 5.92 Å². The molecule has 1 aromatic rings. The summed E-state index contributed by atoms with van der Waals surface area (Å²) < 4.78 is 10.6. The molecule has 1 saturated heterocycles. The van der Waals surface area contributed by atoms with E-state index in [1.54, 1.807) is 0 Å². The first-order valence-corrected chi connectivity index (χ1v) is 7.74. The van der Waals surface area contributed by atoms with E-state index in [9.17, 15) is 9.59 Å². The Morgan fingerprint density at radius 3 is 2.70 bits per heavy atom. The average Bonchev–Trinajstić information content (AvgIpc) is 2.55. The topological polar surface area (TPSA) is 84.9 Å². The van der Waals surface area contributed by atoms with Crippen molar-refractivity contribution in [3.05, 3.63) is 35.4 Å². The van der Waals surface area contributed by atoms with Crippen molar-refractivity contribution in [3.8, 4) is 0 Å². The molecule has 1 aliphatic rings. The number of carbonyl (C=O) groups excluding carboxylic acids is 1. The molecule has 3 atom stereocenters. The molecule has 2 rings (SSSR count). The SMILES string of the molecule is COC(CNC(=O)C1CCCOC1c1ccc(C)cc1)C(=O)O. The van der Waals surface area contributed by atoms with E-state index in [1.807, 2.05) is 31.2 Å². The second-order valence-corrected chi connectivity index (χ2v) is 5.76. The van der Waals surface area contributed by atoms with Crippen molar-refractivity contribution in [1.29, 1.82) is 0 Å². The van der Waals surface area contributed by atoms with E-state index in [0.717, 1.165) is 24.0 Å². The third-order valence-electron chi connectivity index (χ3n) is 4.09. The Hall–Kier alpha value is -1.92. The lowest BCUT2D eigenvalue weighted by Gasteiger charge is -2.31. The molecule has 0 aromatic heterocycles. The van der Waals surface area contributed by atoms with Gasteiger partial charge in [-0.15, -0.1) is 0 Å². The Morgan fingerprint density at radius 1 is 1.39 bits per heavy atom. The van der Waals surface area contributed by atoms with Gasteiger partial charge in [-0.05, 0) is 25.3 Å². The van der Waals surface area contributed by atoms with Crippen molar-refractivity contribution < 1.29 is 24.2 Å². The van der Waals surface area contributed by atoms with E-state index in [1.165, 1.54) is 7.11 Å². The molecular formula is C17H23NO5. The van der Waals surface area contributed by atoms with Gasteiger partial charge in [-0.3, -0.25) is 4.79 Å². The fourth-order valence-electron chi connectivity index (χ4n) is 2.73. The standard InChI is InChI=1S/C17H23NO5/c1-11-5-7-12(8-6-11)15-13(4-3-9-23-15)16(19)18-10-14(22-2)17(20)21/h5-8,13-15H,3-4,9-10H2,1-2H3,(H,18,19)(H,20,21). The zero-order chi connectivity index (χ0) is 16.8. The number of rotatable bonds is 6. The number of carboxylic acid groups (broad SMARTS) is 1. The Kier molecular flexibility index (Phi) is 6.12. The molecule has 126 valence electrons. The molecule has 0 spiro atoms. The van der Waals surface area contributed by atoms with Gasteiger partial charge in [0, 0.05) is 13.7 Å². The van der Waals surface area contributed by atoms with E-state index in [2.05, 4.69) is 5.32 Å². The van der Waals surface area contributed by atoms with Crippen LogP contribution in [-0.4, -0.2) is 43.3 Å². The number of carboxylic acids is 1. The minimum absolute atomic E-state index is 0.0538. The van der Waals surface area contributed by atoms with Gasteiger partial charge in [0.2, 0.25) is 5.91 Å². The molecule has 6 nitrogen and oxygen atoms in total. The highest BCUT2D eigenvalue weighted by Crippen LogP contribution is 2.33. The minimum atomic E-state index is -1.09. The molecule has 0 aliphatic carbocycles. The van der Waals surface area contributed by atoms with Crippen LogP contribution in [0.2, 0.25) is 0 Å². The second-order valence-electron chi connectivity index (χ2n) is 5.76. The van der Waals surface area contributed by atoms with Gasteiger partial charge in [-0.25, -0.2) is 4.79 Å². The number of amides is 1. The summed E-state index contributed by atoms with van der Waals surface area (Å²) in [5.41, 5.74) is 2.12. The predicted molar refractivity (Wildman–Crippen MR) is 84.0 cm³/mol. The van der Waals surface area contributed by atoms with E-state index in [-0.39, 0.29) is 24.5 Å². The number of ether oxygens (including phenoxy) is 2. The number of hydrogen-bond acceptors (Lipinski definition) is 4. The number of aliphatic carboxylic acids is 1. The van der Waals surface area contributed by atoms with E-state index in [4.69, 9.17) is 14.6 Å². The fourth-order valence-corrected chi connectivity index (χ4v) is 2.73. The molecule has 0 radical (unpaired) electrons. The van der Waals surface area contributed by atoms with Gasteiger partial charge in [0.15, 0.2) is 6.10 Å². The average molecular weight is 321 g/mol. The number of benzene rings is 1. The molecule has 3 unspecified atom stereocenters. The fraction of sp³-hybridized carbons (Fsp3) is 0.529. The van der Waals surface area contributed by atoms with Gasteiger partial charge < -0.3 is 19.9 Å². The summed E-state index contributed by atoms with van der Waals surface area (Å²) in [5.74, 6) is -1.61. The van der Waals surface area contributed by atoms with Crippen molar-refractivity contribution in [2.75, 3.05) is 20.3 Å². The molecule has 0 saturated carbocycles. The zero-order valence-corrected chi connectivity index (χ0v) is 13.5. The van der Waals surface area contributed by atoms with Crippen molar-refractivity contribution >= 4 is 11.9 Å². The van der Waals surface area contributed by atoms with Crippen LogP contribution >= 0.6 is 0 Å². The first-order chi connectivity index (χ1) is 11.0. The van der Waals surface area contributed by atoms with Crippen LogP contribution < -0.4 is 5.32 Å². The first-order valence-electron chi connectivity index (χ1n) is 7.74. The lowest BCUT2D eigenvalue weighted by Crippen LogP contribution is -2.43. The zero-order valence-electron chi connectivity index (χ0n) is 13.5. The van der Waals surface area contributed by atoms with Crippen molar-refractivity contribution in [1.82, 2.24) is 5.32 Å². The summed E-state index contributed by atoms with van der Waals surface area (Å²) >= 11 is 0. The largest absolute Gasteiger partial charge is 0.479 e. The van der Waals surface area contributed by atoms with Crippen LogP contribution in [0.5, 0.6) is 0 Å². The van der Waals surface area contributed by atoms with Crippen LogP contribution in [0, 0.1) is 12.8 Å². The normalized spacial score (nSPS) is 22.3. The summed E-state index contributed by atoms with van der Waals surface area (Å²) in [4.78, 5) is 23.4. The number of aryl methyl sites for hydroxylation is 1. The lowest BCUT2D eigenvalue weighted by molar-refractivity contribution is -0.148. The maximum atomic E-state index is 12.5. The van der Waals surface area contributed by atoms with Crippen LogP contribution in [0.25, 0.3) is 0 Å². The summed E-state index contributed by atoms with van der Waals surface area (Å²) in [6.07, 6.45) is 0.193. The second kappa shape index (κ2) is 8.08. The van der Waals surface area contributed by atoms with Gasteiger partial charge >= 0.3 is 5.97 Å². The molecule has 1 heterocycles. The van der Waals surface area contributed by atoms with E-state index < -0.39 is 12.1 Å². The summed E-state index contributed by atoms with van der Waals surface area (Å²) in [7, 11) is 1.31. The first kappa shape index (κ1) is 17.4. The summed E-state index contributed by atoms with van der Waals surface area (Å²) in [6.45, 7) is 2.58. The minimum Gasteiger partial charge on any atom is -0.479 e. The van der Waals surface area contributed by atoms with Crippen molar-refractivity contribution in [3.63, 3.8) is 0 Å². The monoisotopic (exact) mass is 321 g/mol. The smallest absolute Gasteiger partial charge is 0.334 e. The van der Waals surface area contributed by atoms with Gasteiger partial charge in [0.25, 0.3) is 0 Å². The Morgan fingerprint density at radius 2 is 2.09 bits per heavy atom. The highest BCUT2D eigenvalue weighted by Gasteiger charge is 2.33. The molecule has 0 bridgehead atoms. The van der Waals surface area contributed by atoms with Crippen LogP contribution in [-0.2, 0) is 19.1 Å². The molecule has 6 heteroatoms. The third kappa shape index (κ3) is 4.53. The van der Waals surface area contributed by atoms with Crippen LogP contribution in [0.3, 0.4) is 0 Å². The molecule has 1 aliphatic heterocycles. The van der Waals surface area contributed by atoms with Gasteiger partial charge in [-0.1, -0.05) is 29.8 Å². The Bertz CT molecular complexity index is 542. The molecule has 1 aromatic carbocycles. The summed E-state index contributed by atoms with van der Waals surface area (Å²) in [5, 5.41) is 11.6. The maximum Gasteiger partial charge on any atom is 0.334 e. The third-order valence-corrected chi connectivity index (χ3v) is 4.09.